The molecule has 48 heavy (non-hydrogen) atoms. The van der Waals surface area contributed by atoms with E-state index in [1.54, 1.807) is 0 Å². The Morgan fingerprint density at radius 3 is 1.33 bits per heavy atom. The summed E-state index contributed by atoms with van der Waals surface area (Å²) in [7, 11) is 0. The van der Waals surface area contributed by atoms with Gasteiger partial charge in [-0.15, -0.1) is 0 Å². The Labute approximate surface area is 271 Å². The molecule has 4 aromatic rings. The van der Waals surface area contributed by atoms with Gasteiger partial charge in [0.1, 0.15) is 0 Å². The SMILES string of the molecule is [C-]#[N+]/C(C#N)=C1\c2cc(-c3cc(C)cc(C)c3)ccc2C2/C(=C(/C#N)[N+]#[C-])c3cc(-c4cc(C(F)(F)F)cc(C(F)(F)F)c4)ccc3C12. The molecule has 2 unspecified atom stereocenters. The van der Waals surface area contributed by atoms with Crippen LogP contribution in [0.5, 0.6) is 0 Å². The zero-order valence-electron chi connectivity index (χ0n) is 25.1. The van der Waals surface area contributed by atoms with Gasteiger partial charge in [0.25, 0.3) is 11.4 Å². The quantitative estimate of drug-likeness (QED) is 0.124. The van der Waals surface area contributed by atoms with Crippen molar-refractivity contribution in [1.82, 2.24) is 0 Å². The van der Waals surface area contributed by atoms with Gasteiger partial charge in [-0.3, -0.25) is 0 Å². The number of aryl methyl sites for hydroxylation is 2. The largest absolute Gasteiger partial charge is 0.416 e. The van der Waals surface area contributed by atoms with Gasteiger partial charge in [0.2, 0.25) is 0 Å². The normalized spacial score (nSPS) is 18.4. The van der Waals surface area contributed by atoms with Gasteiger partial charge in [0.05, 0.1) is 36.4 Å². The molecule has 2 aliphatic rings. The number of hydrogen-bond donors (Lipinski definition) is 0. The standard InChI is InChI=1S/C38H20F6N4/c1-19-9-20(2)11-23(10-19)21-5-7-27-29(14-21)33(31(17-45)47-3)36-28-8-6-22(15-30(28)34(35(27)36)32(18-46)48-4)24-12-25(37(39,40)41)16-26(13-24)38(42,43)44/h5-16,35-36H,1-2H3/b33-31+,34-32-. The van der Waals surface area contributed by atoms with E-state index in [4.69, 9.17) is 13.1 Å². The Hall–Kier alpha value is -6.10. The Morgan fingerprint density at radius 1 is 0.583 bits per heavy atom. The molecule has 0 aromatic heterocycles. The van der Waals surface area contributed by atoms with E-state index in [1.807, 2.05) is 62.4 Å². The van der Waals surface area contributed by atoms with E-state index < -0.39 is 35.3 Å². The van der Waals surface area contributed by atoms with E-state index in [9.17, 15) is 36.9 Å². The van der Waals surface area contributed by atoms with Crippen molar-refractivity contribution in [3.8, 4) is 34.4 Å². The summed E-state index contributed by atoms with van der Waals surface area (Å²) in [5.74, 6) is -1.43. The molecule has 0 saturated heterocycles. The lowest BCUT2D eigenvalue weighted by atomic mass is 9.87. The Bertz CT molecular complexity index is 2210. The third-order valence-corrected chi connectivity index (χ3v) is 8.73. The number of fused-ring (bicyclic) bond motifs is 5. The van der Waals surface area contributed by atoms with Gasteiger partial charge in [-0.25, -0.2) is 20.2 Å². The molecule has 4 nitrogen and oxygen atoms in total. The average Bonchev–Trinajstić information content (AvgIpc) is 3.53. The van der Waals surface area contributed by atoms with Gasteiger partial charge in [-0.2, -0.15) is 26.3 Å². The predicted octanol–water partition coefficient (Wildman–Crippen LogP) is 10.9. The Morgan fingerprint density at radius 2 is 0.979 bits per heavy atom. The summed E-state index contributed by atoms with van der Waals surface area (Å²) < 4.78 is 82.1. The molecule has 0 saturated carbocycles. The molecule has 0 bridgehead atoms. The molecule has 0 N–H and O–H groups in total. The molecule has 0 aliphatic heterocycles. The fraction of sp³-hybridized carbons (Fsp3) is 0.158. The van der Waals surface area contributed by atoms with Crippen LogP contribution in [0.15, 0.2) is 84.2 Å². The molecule has 2 atom stereocenters. The number of nitriles is 2. The van der Waals surface area contributed by atoms with Crippen molar-refractivity contribution in [3.05, 3.63) is 152 Å². The smallest absolute Gasteiger partial charge is 0.226 e. The zero-order chi connectivity index (χ0) is 34.7. The molecule has 10 heteroatoms. The first-order valence-corrected chi connectivity index (χ1v) is 14.4. The van der Waals surface area contributed by atoms with Crippen LogP contribution in [-0.4, -0.2) is 0 Å². The monoisotopic (exact) mass is 646 g/mol. The second kappa shape index (κ2) is 11.3. The van der Waals surface area contributed by atoms with E-state index in [-0.39, 0.29) is 39.7 Å². The summed E-state index contributed by atoms with van der Waals surface area (Å²) in [5.41, 5.74) is 2.59. The fourth-order valence-electron chi connectivity index (χ4n) is 6.92. The zero-order valence-corrected chi connectivity index (χ0v) is 25.1. The minimum Gasteiger partial charge on any atom is -0.226 e. The highest BCUT2D eigenvalue weighted by Gasteiger charge is 2.48. The molecule has 0 radical (unpaired) electrons. The van der Waals surface area contributed by atoms with E-state index in [0.29, 0.717) is 34.4 Å². The van der Waals surface area contributed by atoms with Crippen LogP contribution < -0.4 is 0 Å². The van der Waals surface area contributed by atoms with Crippen molar-refractivity contribution in [2.24, 2.45) is 0 Å². The summed E-state index contributed by atoms with van der Waals surface area (Å²) in [6, 6.07) is 21.0. The highest BCUT2D eigenvalue weighted by molar-refractivity contribution is 5.99. The van der Waals surface area contributed by atoms with Gasteiger partial charge in [0.15, 0.2) is 0 Å². The number of hydrogen-bond acceptors (Lipinski definition) is 2. The number of halogens is 6. The van der Waals surface area contributed by atoms with Crippen molar-refractivity contribution >= 4 is 11.1 Å². The average molecular weight is 647 g/mol. The van der Waals surface area contributed by atoms with Crippen LogP contribution in [0.1, 0.15) is 56.3 Å². The van der Waals surface area contributed by atoms with Crippen LogP contribution in [0.3, 0.4) is 0 Å². The highest BCUT2D eigenvalue weighted by Crippen LogP contribution is 2.64. The third kappa shape index (κ3) is 5.19. The molecule has 6 rings (SSSR count). The lowest BCUT2D eigenvalue weighted by Crippen LogP contribution is -2.11. The molecular formula is C38H20F6N4. The van der Waals surface area contributed by atoms with Gasteiger partial charge in [-0.05, 0) is 99.8 Å². The molecule has 234 valence electrons. The highest BCUT2D eigenvalue weighted by atomic mass is 19.4. The molecule has 4 aromatic carbocycles. The molecule has 0 amide bonds. The van der Waals surface area contributed by atoms with Crippen LogP contribution in [-0.2, 0) is 12.4 Å². The van der Waals surface area contributed by atoms with Crippen LogP contribution in [0.4, 0.5) is 26.3 Å². The minimum atomic E-state index is -5.06. The number of allylic oxidation sites excluding steroid dienone is 4. The fourth-order valence-corrected chi connectivity index (χ4v) is 6.92. The van der Waals surface area contributed by atoms with Crippen molar-refractivity contribution < 1.29 is 26.3 Å². The molecule has 2 aliphatic carbocycles. The summed E-state index contributed by atoms with van der Waals surface area (Å²) >= 11 is 0. The summed E-state index contributed by atoms with van der Waals surface area (Å²) in [4.78, 5) is 6.95. The molecular weight excluding hydrogens is 626 g/mol. The third-order valence-electron chi connectivity index (χ3n) is 8.73. The maximum atomic E-state index is 13.7. The van der Waals surface area contributed by atoms with Crippen molar-refractivity contribution in [2.45, 2.75) is 38.0 Å². The maximum absolute atomic E-state index is 13.7. The summed E-state index contributed by atoms with van der Waals surface area (Å²) in [6.07, 6.45) is -10.1. The van der Waals surface area contributed by atoms with Crippen molar-refractivity contribution in [3.63, 3.8) is 0 Å². The van der Waals surface area contributed by atoms with Gasteiger partial charge in [0, 0.05) is 11.8 Å². The van der Waals surface area contributed by atoms with Crippen molar-refractivity contribution in [2.75, 3.05) is 0 Å². The number of benzene rings is 4. The number of alkyl halides is 6. The first-order chi connectivity index (χ1) is 22.7. The van der Waals surface area contributed by atoms with E-state index >= 15 is 0 Å². The van der Waals surface area contributed by atoms with Crippen LogP contribution in [0.25, 0.3) is 43.1 Å². The molecule has 0 fully saturated rings. The van der Waals surface area contributed by atoms with Crippen molar-refractivity contribution in [1.29, 1.82) is 10.5 Å². The second-order valence-corrected chi connectivity index (χ2v) is 11.7. The molecule has 0 spiro atoms. The first kappa shape index (κ1) is 31.9. The van der Waals surface area contributed by atoms with E-state index in [1.165, 1.54) is 18.2 Å². The Kier molecular flexibility index (Phi) is 7.50. The predicted molar refractivity (Wildman–Crippen MR) is 167 cm³/mol. The number of rotatable bonds is 2. The second-order valence-electron chi connectivity index (χ2n) is 11.7. The van der Waals surface area contributed by atoms with E-state index in [2.05, 4.69) is 9.69 Å². The van der Waals surface area contributed by atoms with Gasteiger partial charge in [-0.1, -0.05) is 53.6 Å². The maximum Gasteiger partial charge on any atom is 0.416 e. The van der Waals surface area contributed by atoms with Gasteiger partial charge < -0.3 is 0 Å². The van der Waals surface area contributed by atoms with Crippen LogP contribution >= 0.6 is 0 Å². The lowest BCUT2D eigenvalue weighted by molar-refractivity contribution is -0.143. The lowest BCUT2D eigenvalue weighted by Gasteiger charge is -2.16. The summed E-state index contributed by atoms with van der Waals surface area (Å²) in [5, 5.41) is 20.1. The summed E-state index contributed by atoms with van der Waals surface area (Å²) in [6.45, 7) is 19.5. The van der Waals surface area contributed by atoms with Crippen LogP contribution in [0, 0.1) is 49.7 Å². The minimum absolute atomic E-state index is 0.00620. The Balaban J connectivity index is 1.62. The molecule has 0 heterocycles. The van der Waals surface area contributed by atoms with E-state index in [0.717, 1.165) is 22.3 Å². The topological polar surface area (TPSA) is 56.3 Å². The first-order valence-electron chi connectivity index (χ1n) is 14.4. The van der Waals surface area contributed by atoms with Crippen LogP contribution in [0.2, 0.25) is 0 Å². The number of nitrogens with zero attached hydrogens (tertiary/aromatic N) is 4. The van der Waals surface area contributed by atoms with Gasteiger partial charge >= 0.3 is 12.4 Å².